The van der Waals surface area contributed by atoms with Gasteiger partial charge in [0.1, 0.15) is 0 Å². The Balaban J connectivity index is 1.44. The predicted octanol–water partition coefficient (Wildman–Crippen LogP) is 2.20. The molecule has 0 aliphatic carbocycles. The number of carbonyl (C=O) groups is 1. The van der Waals surface area contributed by atoms with Gasteiger partial charge in [-0.1, -0.05) is 11.6 Å². The Kier molecular flexibility index (Phi) is 3.59. The van der Waals surface area contributed by atoms with Gasteiger partial charge in [0.2, 0.25) is 5.91 Å². The summed E-state index contributed by atoms with van der Waals surface area (Å²) in [6, 6.07) is 4.94. The van der Waals surface area contributed by atoms with Crippen LogP contribution in [0.5, 0.6) is 0 Å². The van der Waals surface area contributed by atoms with Crippen LogP contribution in [0.2, 0.25) is 4.34 Å². The summed E-state index contributed by atoms with van der Waals surface area (Å²) < 4.78 is 0.814. The second kappa shape index (κ2) is 5.19. The topological polar surface area (TPSA) is 41.1 Å². The largest absolute Gasteiger partial charge is 0.355 e. The van der Waals surface area contributed by atoms with Crippen molar-refractivity contribution in [2.45, 2.75) is 37.8 Å². The van der Waals surface area contributed by atoms with Gasteiger partial charge in [-0.3, -0.25) is 4.79 Å². The molecule has 2 saturated heterocycles. The highest BCUT2D eigenvalue weighted by molar-refractivity contribution is 7.16. The number of amides is 1. The lowest BCUT2D eigenvalue weighted by Gasteiger charge is -2.19. The Morgan fingerprint density at radius 2 is 2.39 bits per heavy atom. The van der Waals surface area contributed by atoms with E-state index in [1.54, 1.807) is 11.3 Å². The molecule has 2 bridgehead atoms. The third kappa shape index (κ3) is 2.56. The number of nitrogens with one attached hydrogen (secondary N) is 2. The zero-order valence-corrected chi connectivity index (χ0v) is 11.7. The Morgan fingerprint density at radius 3 is 3.00 bits per heavy atom. The molecule has 1 aromatic rings. The smallest absolute Gasteiger partial charge is 0.224 e. The summed E-state index contributed by atoms with van der Waals surface area (Å²) in [5, 5.41) is 6.55. The summed E-state index contributed by atoms with van der Waals surface area (Å²) in [6.45, 7) is 0.712. The number of halogens is 1. The third-order valence-electron chi connectivity index (χ3n) is 3.94. The Morgan fingerprint density at radius 1 is 1.50 bits per heavy atom. The lowest BCUT2D eigenvalue weighted by Crippen LogP contribution is -2.38. The van der Waals surface area contributed by atoms with Gasteiger partial charge in [-0.25, -0.2) is 0 Å². The van der Waals surface area contributed by atoms with Crippen molar-refractivity contribution in [3.63, 3.8) is 0 Å². The molecule has 18 heavy (non-hydrogen) atoms. The van der Waals surface area contributed by atoms with E-state index in [0.29, 0.717) is 18.6 Å². The third-order valence-corrected chi connectivity index (χ3v) is 5.23. The molecule has 3 atom stereocenters. The van der Waals surface area contributed by atoms with E-state index < -0.39 is 0 Å². The van der Waals surface area contributed by atoms with Gasteiger partial charge in [0.05, 0.1) is 10.3 Å². The van der Waals surface area contributed by atoms with Crippen LogP contribution in [-0.4, -0.2) is 24.5 Å². The number of thiophene rings is 1. The van der Waals surface area contributed by atoms with E-state index in [0.717, 1.165) is 23.6 Å². The molecule has 1 aromatic heterocycles. The van der Waals surface area contributed by atoms with Gasteiger partial charge in [-0.15, -0.1) is 11.3 Å². The fraction of sp³-hybridized carbons (Fsp3) is 0.615. The summed E-state index contributed by atoms with van der Waals surface area (Å²) in [7, 11) is 0. The summed E-state index contributed by atoms with van der Waals surface area (Å²) in [5.41, 5.74) is 0. The van der Waals surface area contributed by atoms with Gasteiger partial charge in [0.25, 0.3) is 0 Å². The molecule has 1 amide bonds. The minimum Gasteiger partial charge on any atom is -0.355 e. The highest BCUT2D eigenvalue weighted by atomic mass is 35.5. The van der Waals surface area contributed by atoms with Crippen LogP contribution in [0.4, 0.5) is 0 Å². The van der Waals surface area contributed by atoms with Crippen LogP contribution in [-0.2, 0) is 11.2 Å². The molecule has 3 heterocycles. The molecule has 2 N–H and O–H groups in total. The van der Waals surface area contributed by atoms with E-state index in [4.69, 9.17) is 11.6 Å². The van der Waals surface area contributed by atoms with E-state index in [2.05, 4.69) is 10.6 Å². The molecule has 5 heteroatoms. The number of hydrogen-bond acceptors (Lipinski definition) is 3. The van der Waals surface area contributed by atoms with Gasteiger partial charge in [-0.2, -0.15) is 0 Å². The standard InChI is InChI=1S/C13H17ClN2OS/c14-12-4-2-9(18-12)5-6-15-13(17)10-7-8-1-3-11(10)16-8/h2,4,8,10-11,16H,1,3,5-7H2,(H,15,17). The second-order valence-corrected chi connectivity index (χ2v) is 6.94. The van der Waals surface area contributed by atoms with Gasteiger partial charge >= 0.3 is 0 Å². The number of fused-ring (bicyclic) bond motifs is 2. The average Bonchev–Trinajstić information content (AvgIpc) is 3.05. The van der Waals surface area contributed by atoms with Crippen LogP contribution >= 0.6 is 22.9 Å². The summed E-state index contributed by atoms with van der Waals surface area (Å²) in [4.78, 5) is 13.3. The Hall–Kier alpha value is -0.580. The van der Waals surface area contributed by atoms with Crippen molar-refractivity contribution < 1.29 is 4.79 Å². The van der Waals surface area contributed by atoms with Crippen molar-refractivity contribution in [3.8, 4) is 0 Å². The fourth-order valence-corrected chi connectivity index (χ4v) is 4.13. The van der Waals surface area contributed by atoms with Crippen molar-refractivity contribution >= 4 is 28.8 Å². The van der Waals surface area contributed by atoms with E-state index in [-0.39, 0.29) is 11.8 Å². The van der Waals surface area contributed by atoms with Crippen LogP contribution in [0, 0.1) is 5.92 Å². The van der Waals surface area contributed by atoms with Gasteiger partial charge in [0.15, 0.2) is 0 Å². The summed E-state index contributed by atoms with van der Waals surface area (Å²) in [6.07, 6.45) is 4.28. The highest BCUT2D eigenvalue weighted by Gasteiger charge is 2.42. The maximum Gasteiger partial charge on any atom is 0.224 e. The zero-order chi connectivity index (χ0) is 12.5. The molecule has 3 nitrogen and oxygen atoms in total. The first-order valence-corrected chi connectivity index (χ1v) is 7.70. The predicted molar refractivity (Wildman–Crippen MR) is 74.1 cm³/mol. The van der Waals surface area contributed by atoms with Gasteiger partial charge in [0, 0.05) is 23.5 Å². The first-order valence-electron chi connectivity index (χ1n) is 6.50. The molecule has 0 radical (unpaired) electrons. The van der Waals surface area contributed by atoms with E-state index in [1.165, 1.54) is 11.3 Å². The van der Waals surface area contributed by atoms with Crippen LogP contribution in [0.15, 0.2) is 12.1 Å². The van der Waals surface area contributed by atoms with Crippen molar-refractivity contribution in [1.29, 1.82) is 0 Å². The quantitative estimate of drug-likeness (QED) is 0.890. The molecule has 0 spiro atoms. The SMILES string of the molecule is O=C(NCCc1ccc(Cl)s1)C1CC2CCC1N2. The molecule has 2 aliphatic heterocycles. The Bertz CT molecular complexity index is 448. The number of hydrogen-bond donors (Lipinski definition) is 2. The first kappa shape index (κ1) is 12.5. The van der Waals surface area contributed by atoms with Crippen molar-refractivity contribution in [3.05, 3.63) is 21.3 Å². The molecule has 3 rings (SSSR count). The van der Waals surface area contributed by atoms with Crippen LogP contribution in [0.3, 0.4) is 0 Å². The van der Waals surface area contributed by atoms with Crippen LogP contribution in [0.1, 0.15) is 24.1 Å². The van der Waals surface area contributed by atoms with Crippen LogP contribution in [0.25, 0.3) is 0 Å². The second-order valence-electron chi connectivity index (χ2n) is 5.14. The minimum atomic E-state index is 0.190. The first-order chi connectivity index (χ1) is 8.72. The lowest BCUT2D eigenvalue weighted by atomic mass is 9.88. The van der Waals surface area contributed by atoms with Gasteiger partial charge in [-0.05, 0) is 37.8 Å². The molecule has 2 aliphatic rings. The van der Waals surface area contributed by atoms with Crippen molar-refractivity contribution in [2.75, 3.05) is 6.54 Å². The van der Waals surface area contributed by atoms with E-state index in [1.807, 2.05) is 12.1 Å². The Labute approximate surface area is 116 Å². The zero-order valence-electron chi connectivity index (χ0n) is 10.1. The summed E-state index contributed by atoms with van der Waals surface area (Å²) >= 11 is 7.46. The molecular weight excluding hydrogens is 268 g/mol. The molecule has 2 fully saturated rings. The van der Waals surface area contributed by atoms with Crippen molar-refractivity contribution in [2.24, 2.45) is 5.92 Å². The van der Waals surface area contributed by atoms with E-state index in [9.17, 15) is 4.79 Å². The number of carbonyl (C=O) groups excluding carboxylic acids is 1. The van der Waals surface area contributed by atoms with Crippen molar-refractivity contribution in [1.82, 2.24) is 10.6 Å². The van der Waals surface area contributed by atoms with E-state index >= 15 is 0 Å². The summed E-state index contributed by atoms with van der Waals surface area (Å²) in [5.74, 6) is 0.410. The monoisotopic (exact) mass is 284 g/mol. The van der Waals surface area contributed by atoms with Gasteiger partial charge < -0.3 is 10.6 Å². The molecular formula is C13H17ClN2OS. The maximum atomic E-state index is 12.1. The van der Waals surface area contributed by atoms with Crippen LogP contribution < -0.4 is 10.6 Å². The fourth-order valence-electron chi connectivity index (χ4n) is 3.04. The number of rotatable bonds is 4. The molecule has 0 aromatic carbocycles. The highest BCUT2D eigenvalue weighted by Crippen LogP contribution is 2.33. The normalized spacial score (nSPS) is 29.7. The molecule has 3 unspecified atom stereocenters. The maximum absolute atomic E-state index is 12.1. The minimum absolute atomic E-state index is 0.190. The lowest BCUT2D eigenvalue weighted by molar-refractivity contribution is -0.125. The molecule has 98 valence electrons. The average molecular weight is 285 g/mol. The molecule has 0 saturated carbocycles.